The third-order valence-corrected chi connectivity index (χ3v) is 5.37. The molecule has 0 radical (unpaired) electrons. The highest BCUT2D eigenvalue weighted by atomic mass is 32.2. The first-order valence-corrected chi connectivity index (χ1v) is 9.48. The van der Waals surface area contributed by atoms with Gasteiger partial charge in [0.2, 0.25) is 0 Å². The Hall–Kier alpha value is -2.34. The van der Waals surface area contributed by atoms with E-state index in [1.165, 1.54) is 0 Å². The summed E-state index contributed by atoms with van der Waals surface area (Å²) in [6.45, 7) is 2.32. The van der Waals surface area contributed by atoms with Gasteiger partial charge in [0.25, 0.3) is 0 Å². The van der Waals surface area contributed by atoms with E-state index in [2.05, 4.69) is 15.6 Å². The largest absolute Gasteiger partial charge is 0.355 e. The van der Waals surface area contributed by atoms with E-state index in [0.29, 0.717) is 17.4 Å². The van der Waals surface area contributed by atoms with Crippen LogP contribution in [-0.4, -0.2) is 33.7 Å². The summed E-state index contributed by atoms with van der Waals surface area (Å²) in [5.74, 6) is 0.590. The van der Waals surface area contributed by atoms with E-state index in [0.717, 1.165) is 5.56 Å². The fourth-order valence-electron chi connectivity index (χ4n) is 2.27. The van der Waals surface area contributed by atoms with Crippen molar-refractivity contribution in [3.05, 3.63) is 66.2 Å². The lowest BCUT2D eigenvalue weighted by Gasteiger charge is -2.18. The predicted molar refractivity (Wildman–Crippen MR) is 97.8 cm³/mol. The average molecular weight is 345 g/mol. The van der Waals surface area contributed by atoms with Crippen LogP contribution in [0.1, 0.15) is 18.5 Å². The molecule has 5 nitrogen and oxygen atoms in total. The lowest BCUT2D eigenvalue weighted by molar-refractivity contribution is 0.594. The molecule has 2 N–H and O–H groups in total. The molecule has 1 atom stereocenters. The normalized spacial score (nSPS) is 13.3. The van der Waals surface area contributed by atoms with E-state index in [9.17, 15) is 8.42 Å². The fraction of sp³-hybridized carbons (Fsp3) is 0.278. The molecule has 0 aliphatic rings. The van der Waals surface area contributed by atoms with E-state index in [-0.39, 0.29) is 11.8 Å². The van der Waals surface area contributed by atoms with Gasteiger partial charge in [-0.2, -0.15) is 0 Å². The molecule has 0 saturated carbocycles. The molecule has 128 valence electrons. The van der Waals surface area contributed by atoms with E-state index < -0.39 is 9.84 Å². The Morgan fingerprint density at radius 2 is 1.62 bits per heavy atom. The van der Waals surface area contributed by atoms with Crippen molar-refractivity contribution in [2.45, 2.75) is 17.9 Å². The minimum absolute atomic E-state index is 0.0113. The van der Waals surface area contributed by atoms with Crippen LogP contribution < -0.4 is 10.6 Å². The molecule has 0 aromatic heterocycles. The molecule has 2 aromatic rings. The Kier molecular flexibility index (Phi) is 6.37. The molecule has 24 heavy (non-hydrogen) atoms. The lowest BCUT2D eigenvalue weighted by Crippen LogP contribution is -2.40. The highest BCUT2D eigenvalue weighted by Crippen LogP contribution is 2.11. The number of aliphatic imine (C=N–C) groups is 1. The van der Waals surface area contributed by atoms with Crippen molar-refractivity contribution < 1.29 is 8.42 Å². The SMILES string of the molecule is CN=C(NCCS(=O)(=O)c1ccccc1)NC(C)c1ccccc1. The number of rotatable bonds is 6. The first-order valence-electron chi connectivity index (χ1n) is 7.83. The predicted octanol–water partition coefficient (Wildman–Crippen LogP) is 2.39. The van der Waals surface area contributed by atoms with Gasteiger partial charge in [-0.25, -0.2) is 8.42 Å². The molecule has 0 bridgehead atoms. The van der Waals surface area contributed by atoms with Gasteiger partial charge in [0.1, 0.15) is 0 Å². The third kappa shape index (κ3) is 5.09. The van der Waals surface area contributed by atoms with E-state index >= 15 is 0 Å². The lowest BCUT2D eigenvalue weighted by atomic mass is 10.1. The molecule has 0 saturated heterocycles. The molecule has 0 spiro atoms. The van der Waals surface area contributed by atoms with Gasteiger partial charge in [0, 0.05) is 13.6 Å². The van der Waals surface area contributed by atoms with Gasteiger partial charge < -0.3 is 10.6 Å². The Morgan fingerprint density at radius 1 is 1.04 bits per heavy atom. The molecule has 0 heterocycles. The summed E-state index contributed by atoms with van der Waals surface area (Å²) in [7, 11) is -1.62. The molecular weight excluding hydrogens is 322 g/mol. The first kappa shape index (κ1) is 18.0. The molecular formula is C18H23N3O2S. The summed E-state index contributed by atoms with van der Waals surface area (Å²) in [6.07, 6.45) is 0. The second-order valence-corrected chi connectivity index (χ2v) is 7.52. The zero-order valence-corrected chi connectivity index (χ0v) is 14.8. The van der Waals surface area contributed by atoms with Crippen LogP contribution in [0.2, 0.25) is 0 Å². The van der Waals surface area contributed by atoms with Crippen LogP contribution >= 0.6 is 0 Å². The van der Waals surface area contributed by atoms with Crippen LogP contribution in [0, 0.1) is 0 Å². The number of hydrogen-bond acceptors (Lipinski definition) is 3. The molecule has 0 fully saturated rings. The van der Waals surface area contributed by atoms with Crippen molar-refractivity contribution in [2.75, 3.05) is 19.3 Å². The van der Waals surface area contributed by atoms with Crippen molar-refractivity contribution >= 4 is 15.8 Å². The third-order valence-electron chi connectivity index (χ3n) is 3.64. The maximum absolute atomic E-state index is 12.2. The van der Waals surface area contributed by atoms with Crippen LogP contribution in [-0.2, 0) is 9.84 Å². The number of guanidine groups is 1. The highest BCUT2D eigenvalue weighted by molar-refractivity contribution is 7.91. The van der Waals surface area contributed by atoms with Crippen molar-refractivity contribution in [3.63, 3.8) is 0 Å². The second kappa shape index (κ2) is 8.49. The number of sulfone groups is 1. The van der Waals surface area contributed by atoms with Crippen molar-refractivity contribution in [1.82, 2.24) is 10.6 Å². The van der Waals surface area contributed by atoms with Gasteiger partial charge >= 0.3 is 0 Å². The summed E-state index contributed by atoms with van der Waals surface area (Å²) in [4.78, 5) is 4.49. The molecule has 1 unspecified atom stereocenters. The summed E-state index contributed by atoms with van der Waals surface area (Å²) in [6, 6.07) is 18.5. The molecule has 0 aliphatic heterocycles. The Bertz CT molecular complexity index is 759. The van der Waals surface area contributed by atoms with Crippen LogP contribution in [0.15, 0.2) is 70.6 Å². The zero-order valence-electron chi connectivity index (χ0n) is 13.9. The van der Waals surface area contributed by atoms with Crippen LogP contribution in [0.25, 0.3) is 0 Å². The standard InChI is InChI=1S/C18H23N3O2S/c1-15(16-9-5-3-6-10-16)21-18(19-2)20-13-14-24(22,23)17-11-7-4-8-12-17/h3-12,15H,13-14H2,1-2H3,(H2,19,20,21). The quantitative estimate of drug-likeness (QED) is 0.623. The maximum atomic E-state index is 12.2. The number of benzene rings is 2. The van der Waals surface area contributed by atoms with Gasteiger partial charge in [-0.1, -0.05) is 48.5 Å². The Morgan fingerprint density at radius 3 is 2.21 bits per heavy atom. The van der Waals surface area contributed by atoms with E-state index in [1.807, 2.05) is 37.3 Å². The Labute approximate surface area is 143 Å². The average Bonchev–Trinajstić information content (AvgIpc) is 2.62. The van der Waals surface area contributed by atoms with E-state index in [4.69, 9.17) is 0 Å². The number of nitrogens with one attached hydrogen (secondary N) is 2. The molecule has 0 amide bonds. The van der Waals surface area contributed by atoms with Gasteiger partial charge in [0.15, 0.2) is 15.8 Å². The van der Waals surface area contributed by atoms with E-state index in [1.54, 1.807) is 37.4 Å². The van der Waals surface area contributed by atoms with Gasteiger partial charge in [-0.15, -0.1) is 0 Å². The fourth-order valence-corrected chi connectivity index (χ4v) is 3.45. The first-order chi connectivity index (χ1) is 11.5. The molecule has 2 aromatic carbocycles. The van der Waals surface area contributed by atoms with Crippen molar-refractivity contribution in [1.29, 1.82) is 0 Å². The number of nitrogens with zero attached hydrogens (tertiary/aromatic N) is 1. The summed E-state index contributed by atoms with van der Waals surface area (Å²) >= 11 is 0. The van der Waals surface area contributed by atoms with Crippen molar-refractivity contribution in [3.8, 4) is 0 Å². The monoisotopic (exact) mass is 345 g/mol. The van der Waals surface area contributed by atoms with Crippen LogP contribution in [0.5, 0.6) is 0 Å². The van der Waals surface area contributed by atoms with Gasteiger partial charge in [-0.3, -0.25) is 4.99 Å². The summed E-state index contributed by atoms with van der Waals surface area (Å²) in [5, 5.41) is 6.31. The minimum atomic E-state index is -3.29. The molecule has 2 rings (SSSR count). The van der Waals surface area contributed by atoms with Crippen LogP contribution in [0.4, 0.5) is 0 Å². The smallest absolute Gasteiger partial charge is 0.191 e. The summed E-state index contributed by atoms with van der Waals surface area (Å²) in [5.41, 5.74) is 1.14. The number of hydrogen-bond donors (Lipinski definition) is 2. The minimum Gasteiger partial charge on any atom is -0.355 e. The van der Waals surface area contributed by atoms with Crippen LogP contribution in [0.3, 0.4) is 0 Å². The topological polar surface area (TPSA) is 70.6 Å². The zero-order chi connectivity index (χ0) is 17.4. The Balaban J connectivity index is 1.88. The maximum Gasteiger partial charge on any atom is 0.191 e. The summed E-state index contributed by atoms with van der Waals surface area (Å²) < 4.78 is 24.5. The highest BCUT2D eigenvalue weighted by Gasteiger charge is 2.14. The second-order valence-electron chi connectivity index (χ2n) is 5.41. The van der Waals surface area contributed by atoms with Crippen molar-refractivity contribution in [2.24, 2.45) is 4.99 Å². The van der Waals surface area contributed by atoms with Gasteiger partial charge in [0.05, 0.1) is 16.7 Å². The molecule has 6 heteroatoms. The van der Waals surface area contributed by atoms with Gasteiger partial charge in [-0.05, 0) is 24.6 Å². The molecule has 0 aliphatic carbocycles.